The van der Waals surface area contributed by atoms with Gasteiger partial charge in [-0.15, -0.1) is 0 Å². The van der Waals surface area contributed by atoms with E-state index < -0.39 is 56.0 Å². The first kappa shape index (κ1) is 26.1. The van der Waals surface area contributed by atoms with Gasteiger partial charge in [-0.2, -0.15) is 0 Å². The molecular weight excluding hydrogens is 552 g/mol. The van der Waals surface area contributed by atoms with Crippen LogP contribution in [0, 0.1) is 5.82 Å². The number of halogens is 4. The van der Waals surface area contributed by atoms with Crippen molar-refractivity contribution in [2.45, 2.75) is 41.6 Å². The van der Waals surface area contributed by atoms with Gasteiger partial charge in [-0.25, -0.2) is 31.0 Å². The molecular formula is C27H20F4N4O4S. The second kappa shape index (κ2) is 9.51. The topological polar surface area (TPSA) is 111 Å². The molecule has 0 bridgehead atoms. The highest BCUT2D eigenvalue weighted by Crippen LogP contribution is 2.55. The fourth-order valence-electron chi connectivity index (χ4n) is 4.49. The molecule has 2 aliphatic rings. The molecule has 1 amide bonds. The van der Waals surface area contributed by atoms with Gasteiger partial charge in [0.2, 0.25) is 15.3 Å². The molecule has 0 unspecified atom stereocenters. The quantitative estimate of drug-likeness (QED) is 0.344. The smallest absolute Gasteiger partial charge is 0.257 e. The minimum Gasteiger partial charge on any atom is -0.489 e. The van der Waals surface area contributed by atoms with Crippen molar-refractivity contribution in [2.24, 2.45) is 0 Å². The summed E-state index contributed by atoms with van der Waals surface area (Å²) in [6.45, 7) is -0.434. The van der Waals surface area contributed by atoms with Crippen molar-refractivity contribution in [3.05, 3.63) is 77.5 Å². The Morgan fingerprint density at radius 2 is 1.88 bits per heavy atom. The van der Waals surface area contributed by atoms with Gasteiger partial charge in [-0.05, 0) is 42.5 Å². The summed E-state index contributed by atoms with van der Waals surface area (Å²) in [5.74, 6) is -6.15. The molecule has 206 valence electrons. The van der Waals surface area contributed by atoms with Crippen LogP contribution in [-0.4, -0.2) is 47.3 Å². The Morgan fingerprint density at radius 1 is 1.10 bits per heavy atom. The van der Waals surface area contributed by atoms with Gasteiger partial charge in [-0.1, -0.05) is 6.07 Å². The second-order valence-corrected chi connectivity index (χ2v) is 11.6. The number of amides is 1. The first-order chi connectivity index (χ1) is 19.0. The average molecular weight is 573 g/mol. The fraction of sp³-hybridized carbons (Fsp3) is 0.259. The standard InChI is InChI=1S/C27H20F4N4O4S/c28-18-8-15(9-23-25(18)39-7-6-24(29)40(23,37)38)26(36)33-13-16-10-22-14(12-32-16)4-5-21(35-22)20-3-1-2-19(34-20)17-11-27(17,30)31/h1-5,8-10,12,17,24H,6-7,11,13H2,(H,33,36)/t17-,24+/m0/s1. The summed E-state index contributed by atoms with van der Waals surface area (Å²) in [6, 6.07) is 11.7. The Bertz CT molecular complexity index is 1780. The van der Waals surface area contributed by atoms with E-state index >= 15 is 0 Å². The predicted molar refractivity (Wildman–Crippen MR) is 135 cm³/mol. The van der Waals surface area contributed by atoms with Gasteiger partial charge < -0.3 is 10.1 Å². The molecule has 13 heteroatoms. The number of fused-ring (bicyclic) bond motifs is 2. The zero-order valence-corrected chi connectivity index (χ0v) is 21.4. The van der Waals surface area contributed by atoms with E-state index in [4.69, 9.17) is 4.74 Å². The number of aromatic nitrogens is 3. The number of nitrogens with one attached hydrogen (secondary N) is 1. The van der Waals surface area contributed by atoms with Gasteiger partial charge in [0.25, 0.3) is 11.8 Å². The largest absolute Gasteiger partial charge is 0.489 e. The molecule has 1 N–H and O–H groups in total. The van der Waals surface area contributed by atoms with Crippen LogP contribution in [0.25, 0.3) is 22.3 Å². The zero-order chi connectivity index (χ0) is 28.2. The monoisotopic (exact) mass is 572 g/mol. The molecule has 8 nitrogen and oxygen atoms in total. The molecule has 0 spiro atoms. The van der Waals surface area contributed by atoms with Gasteiger partial charge >= 0.3 is 0 Å². The summed E-state index contributed by atoms with van der Waals surface area (Å²) >= 11 is 0. The molecule has 1 saturated carbocycles. The van der Waals surface area contributed by atoms with E-state index in [9.17, 15) is 30.8 Å². The summed E-state index contributed by atoms with van der Waals surface area (Å²) in [5.41, 5.74) is -0.501. The van der Waals surface area contributed by atoms with Crippen LogP contribution < -0.4 is 10.1 Å². The summed E-state index contributed by atoms with van der Waals surface area (Å²) < 4.78 is 85.8. The molecule has 1 aromatic carbocycles. The maximum absolute atomic E-state index is 14.6. The number of sulfone groups is 1. The minimum atomic E-state index is -4.54. The molecule has 1 aliphatic carbocycles. The highest BCUT2D eigenvalue weighted by Gasteiger charge is 2.58. The molecule has 4 heterocycles. The number of hydrogen-bond acceptors (Lipinski definition) is 7. The lowest BCUT2D eigenvalue weighted by atomic mass is 10.1. The molecule has 6 rings (SSSR count). The van der Waals surface area contributed by atoms with Crippen LogP contribution in [0.15, 0.2) is 59.6 Å². The van der Waals surface area contributed by atoms with Crippen molar-refractivity contribution < 1.29 is 35.5 Å². The third kappa shape index (κ3) is 4.74. The molecule has 1 aliphatic heterocycles. The SMILES string of the molecule is O=C(NCc1cc2nc(-c3cccc([C@@H]4CC4(F)F)n3)ccc2cn1)c1cc(F)c2c(c1)S(=O)(=O)[C@@H](F)CCO2. The van der Waals surface area contributed by atoms with Crippen LogP contribution >= 0.6 is 0 Å². The highest BCUT2D eigenvalue weighted by atomic mass is 32.2. The number of carbonyl (C=O) groups excluding carboxylic acids is 1. The summed E-state index contributed by atoms with van der Waals surface area (Å²) in [4.78, 5) is 25.3. The normalized spacial score (nSPS) is 20.7. The van der Waals surface area contributed by atoms with Gasteiger partial charge in [-0.3, -0.25) is 14.8 Å². The Morgan fingerprint density at radius 3 is 2.65 bits per heavy atom. The summed E-state index contributed by atoms with van der Waals surface area (Å²) in [5, 5.41) is 3.22. The predicted octanol–water partition coefficient (Wildman–Crippen LogP) is 4.74. The molecule has 0 saturated heterocycles. The van der Waals surface area contributed by atoms with Crippen LogP contribution in [0.3, 0.4) is 0 Å². The third-order valence-corrected chi connectivity index (χ3v) is 8.61. The lowest BCUT2D eigenvalue weighted by molar-refractivity contribution is 0.0949. The zero-order valence-electron chi connectivity index (χ0n) is 20.6. The Kier molecular flexibility index (Phi) is 6.21. The van der Waals surface area contributed by atoms with Gasteiger partial charge in [0, 0.05) is 30.0 Å². The molecule has 40 heavy (non-hydrogen) atoms. The number of hydrogen-bond donors (Lipinski definition) is 1. The number of nitrogens with zero attached hydrogens (tertiary/aromatic N) is 3. The first-order valence-corrected chi connectivity index (χ1v) is 13.8. The molecule has 1 fully saturated rings. The summed E-state index contributed by atoms with van der Waals surface area (Å²) in [6.07, 6.45) is 0.850. The molecule has 0 radical (unpaired) electrons. The van der Waals surface area contributed by atoms with Gasteiger partial charge in [0.15, 0.2) is 11.6 Å². The lowest BCUT2D eigenvalue weighted by Gasteiger charge is -2.12. The molecule has 4 aromatic rings. The van der Waals surface area contributed by atoms with Crippen LogP contribution in [0.1, 0.15) is 40.5 Å². The van der Waals surface area contributed by atoms with Gasteiger partial charge in [0.1, 0.15) is 4.90 Å². The third-order valence-electron chi connectivity index (χ3n) is 6.78. The van der Waals surface area contributed by atoms with Crippen LogP contribution in [-0.2, 0) is 16.4 Å². The lowest BCUT2D eigenvalue weighted by Crippen LogP contribution is -2.24. The van der Waals surface area contributed by atoms with E-state index in [1.807, 2.05) is 0 Å². The molecule has 2 atom stereocenters. The maximum atomic E-state index is 14.6. The van der Waals surface area contributed by atoms with E-state index in [1.165, 1.54) is 6.20 Å². The van der Waals surface area contributed by atoms with E-state index in [0.717, 1.165) is 12.1 Å². The van der Waals surface area contributed by atoms with Crippen molar-refractivity contribution >= 4 is 26.6 Å². The number of ether oxygens (including phenoxy) is 1. The van der Waals surface area contributed by atoms with E-state index in [1.54, 1.807) is 36.4 Å². The van der Waals surface area contributed by atoms with Crippen molar-refractivity contribution in [2.75, 3.05) is 6.61 Å². The van der Waals surface area contributed by atoms with E-state index in [0.29, 0.717) is 33.7 Å². The van der Waals surface area contributed by atoms with Crippen molar-refractivity contribution in [1.82, 2.24) is 20.3 Å². The highest BCUT2D eigenvalue weighted by molar-refractivity contribution is 7.92. The van der Waals surface area contributed by atoms with E-state index in [2.05, 4.69) is 20.3 Å². The number of benzene rings is 1. The minimum absolute atomic E-state index is 0.112. The van der Waals surface area contributed by atoms with Gasteiger partial charge in [0.05, 0.1) is 47.4 Å². The second-order valence-electron chi connectivity index (χ2n) is 9.59. The Labute approximate surface area is 225 Å². The van der Waals surface area contributed by atoms with Crippen molar-refractivity contribution in [3.8, 4) is 17.1 Å². The number of rotatable bonds is 5. The van der Waals surface area contributed by atoms with Crippen LogP contribution in [0.5, 0.6) is 5.75 Å². The molecule has 3 aromatic heterocycles. The average Bonchev–Trinajstić information content (AvgIpc) is 3.61. The van der Waals surface area contributed by atoms with Crippen molar-refractivity contribution in [1.29, 1.82) is 0 Å². The fourth-order valence-corrected chi connectivity index (χ4v) is 5.88. The van der Waals surface area contributed by atoms with Crippen LogP contribution in [0.4, 0.5) is 17.6 Å². The first-order valence-electron chi connectivity index (χ1n) is 12.3. The van der Waals surface area contributed by atoms with Crippen LogP contribution in [0.2, 0.25) is 0 Å². The van der Waals surface area contributed by atoms with Crippen molar-refractivity contribution in [3.63, 3.8) is 0 Å². The van der Waals surface area contributed by atoms with E-state index in [-0.39, 0.29) is 25.1 Å². The summed E-state index contributed by atoms with van der Waals surface area (Å²) in [7, 11) is -4.54. The Balaban J connectivity index is 1.22. The Hall–Kier alpha value is -4.13. The number of carbonyl (C=O) groups is 1. The number of alkyl halides is 3. The number of pyridine rings is 3. The maximum Gasteiger partial charge on any atom is 0.257 e.